The summed E-state index contributed by atoms with van der Waals surface area (Å²) in [6.45, 7) is 2.44. The van der Waals surface area contributed by atoms with Gasteiger partial charge in [-0.25, -0.2) is 4.79 Å². The molecule has 104 valence electrons. The summed E-state index contributed by atoms with van der Waals surface area (Å²) in [6.07, 6.45) is 0.426. The van der Waals surface area contributed by atoms with Gasteiger partial charge in [0.1, 0.15) is 12.5 Å². The van der Waals surface area contributed by atoms with Crippen LogP contribution in [0.1, 0.15) is 12.5 Å². The topological polar surface area (TPSA) is 54.0 Å². The van der Waals surface area contributed by atoms with E-state index in [0.717, 1.165) is 11.3 Å². The van der Waals surface area contributed by atoms with Crippen molar-refractivity contribution in [2.75, 3.05) is 27.1 Å². The SMILES string of the molecule is CCOC(=O)C1(Cc2ccc(OC)cc2)COCO1. The first-order valence-corrected chi connectivity index (χ1v) is 6.22. The van der Waals surface area contributed by atoms with Crippen molar-refractivity contribution < 1.29 is 23.7 Å². The van der Waals surface area contributed by atoms with E-state index in [1.807, 2.05) is 24.3 Å². The minimum atomic E-state index is -1.02. The molecule has 1 aromatic rings. The van der Waals surface area contributed by atoms with Crippen molar-refractivity contribution in [1.29, 1.82) is 0 Å². The number of hydrogen-bond donors (Lipinski definition) is 0. The van der Waals surface area contributed by atoms with Gasteiger partial charge in [-0.2, -0.15) is 0 Å². The minimum Gasteiger partial charge on any atom is -0.497 e. The van der Waals surface area contributed by atoms with E-state index >= 15 is 0 Å². The summed E-state index contributed by atoms with van der Waals surface area (Å²) < 4.78 is 20.9. The van der Waals surface area contributed by atoms with Crippen LogP contribution in [-0.4, -0.2) is 38.7 Å². The van der Waals surface area contributed by atoms with E-state index in [2.05, 4.69) is 0 Å². The Kier molecular flexibility index (Phi) is 4.39. The second-order valence-electron chi connectivity index (χ2n) is 4.35. The summed E-state index contributed by atoms with van der Waals surface area (Å²) in [5, 5.41) is 0. The van der Waals surface area contributed by atoms with E-state index in [-0.39, 0.29) is 19.4 Å². The van der Waals surface area contributed by atoms with Crippen molar-refractivity contribution in [2.24, 2.45) is 0 Å². The highest BCUT2D eigenvalue weighted by Crippen LogP contribution is 2.26. The van der Waals surface area contributed by atoms with Crippen molar-refractivity contribution >= 4 is 5.97 Å². The third-order valence-electron chi connectivity index (χ3n) is 3.05. The van der Waals surface area contributed by atoms with Crippen LogP contribution in [0.3, 0.4) is 0 Å². The van der Waals surface area contributed by atoms with Gasteiger partial charge in [-0.1, -0.05) is 12.1 Å². The molecule has 1 fully saturated rings. The van der Waals surface area contributed by atoms with Crippen molar-refractivity contribution in [3.63, 3.8) is 0 Å². The van der Waals surface area contributed by atoms with Gasteiger partial charge in [-0.3, -0.25) is 0 Å². The van der Waals surface area contributed by atoms with Gasteiger partial charge in [0.25, 0.3) is 0 Å². The maximum Gasteiger partial charge on any atom is 0.341 e. The van der Waals surface area contributed by atoms with Crippen molar-refractivity contribution in [2.45, 2.75) is 18.9 Å². The van der Waals surface area contributed by atoms with Gasteiger partial charge in [0.2, 0.25) is 0 Å². The Morgan fingerprint density at radius 2 is 2.11 bits per heavy atom. The van der Waals surface area contributed by atoms with E-state index in [1.54, 1.807) is 14.0 Å². The lowest BCUT2D eigenvalue weighted by Gasteiger charge is -2.24. The molecule has 0 saturated carbocycles. The van der Waals surface area contributed by atoms with Crippen LogP contribution in [0.5, 0.6) is 5.75 Å². The van der Waals surface area contributed by atoms with E-state index in [4.69, 9.17) is 18.9 Å². The van der Waals surface area contributed by atoms with E-state index in [9.17, 15) is 4.79 Å². The molecular formula is C14H18O5. The van der Waals surface area contributed by atoms with Crippen LogP contribution < -0.4 is 4.74 Å². The number of hydrogen-bond acceptors (Lipinski definition) is 5. The third kappa shape index (κ3) is 3.05. The molecule has 1 heterocycles. The molecule has 1 unspecified atom stereocenters. The molecule has 0 bridgehead atoms. The zero-order chi connectivity index (χ0) is 13.7. The van der Waals surface area contributed by atoms with Gasteiger partial charge in [0, 0.05) is 6.42 Å². The molecule has 5 heteroatoms. The highest BCUT2D eigenvalue weighted by atomic mass is 16.7. The number of ether oxygens (including phenoxy) is 4. The fourth-order valence-electron chi connectivity index (χ4n) is 2.03. The molecule has 0 N–H and O–H groups in total. The Bertz CT molecular complexity index is 420. The average Bonchev–Trinajstić information content (AvgIpc) is 2.90. The van der Waals surface area contributed by atoms with E-state index in [0.29, 0.717) is 13.0 Å². The molecule has 19 heavy (non-hydrogen) atoms. The summed E-state index contributed by atoms with van der Waals surface area (Å²) >= 11 is 0. The number of carbonyl (C=O) groups excluding carboxylic acids is 1. The lowest BCUT2D eigenvalue weighted by molar-refractivity contribution is -0.165. The van der Waals surface area contributed by atoms with Crippen LogP contribution in [0.15, 0.2) is 24.3 Å². The predicted octanol–water partition coefficient (Wildman–Crippen LogP) is 1.54. The number of esters is 1. The fourth-order valence-corrected chi connectivity index (χ4v) is 2.03. The van der Waals surface area contributed by atoms with Crippen molar-refractivity contribution in [3.05, 3.63) is 29.8 Å². The maximum atomic E-state index is 12.0. The van der Waals surface area contributed by atoms with Gasteiger partial charge in [0.15, 0.2) is 5.60 Å². The molecule has 5 nitrogen and oxygen atoms in total. The van der Waals surface area contributed by atoms with Crippen molar-refractivity contribution in [3.8, 4) is 5.75 Å². The molecule has 1 aliphatic heterocycles. The van der Waals surface area contributed by atoms with Gasteiger partial charge >= 0.3 is 5.97 Å². The number of benzene rings is 1. The molecule has 0 aliphatic carbocycles. The molecule has 0 radical (unpaired) electrons. The molecule has 0 spiro atoms. The number of rotatable bonds is 5. The lowest BCUT2D eigenvalue weighted by Crippen LogP contribution is -2.44. The summed E-state index contributed by atoms with van der Waals surface area (Å²) in [5.41, 5.74) is -0.0516. The summed E-state index contributed by atoms with van der Waals surface area (Å²) in [7, 11) is 1.61. The first kappa shape index (κ1) is 13.8. The largest absolute Gasteiger partial charge is 0.497 e. The molecule has 0 amide bonds. The third-order valence-corrected chi connectivity index (χ3v) is 3.05. The first-order chi connectivity index (χ1) is 9.20. The molecule has 1 aliphatic rings. The van der Waals surface area contributed by atoms with Crippen LogP contribution in [0, 0.1) is 0 Å². The summed E-state index contributed by atoms with van der Waals surface area (Å²) in [5.74, 6) is 0.404. The standard InChI is InChI=1S/C14H18O5/c1-3-18-13(15)14(9-17-10-19-14)8-11-4-6-12(16-2)7-5-11/h4-7H,3,8-10H2,1-2H3. The average molecular weight is 266 g/mol. The zero-order valence-corrected chi connectivity index (χ0v) is 11.2. The Hall–Kier alpha value is -1.59. The molecule has 2 rings (SSSR count). The number of methoxy groups -OCH3 is 1. The monoisotopic (exact) mass is 266 g/mol. The van der Waals surface area contributed by atoms with E-state index in [1.165, 1.54) is 0 Å². The van der Waals surface area contributed by atoms with E-state index < -0.39 is 5.60 Å². The smallest absolute Gasteiger partial charge is 0.341 e. The number of carbonyl (C=O) groups is 1. The normalized spacial score (nSPS) is 22.2. The molecule has 1 aromatic carbocycles. The van der Waals surface area contributed by atoms with Gasteiger partial charge in [-0.05, 0) is 24.6 Å². The van der Waals surface area contributed by atoms with Crippen LogP contribution in [0.25, 0.3) is 0 Å². The molecule has 0 aromatic heterocycles. The minimum absolute atomic E-state index is 0.120. The maximum absolute atomic E-state index is 12.0. The first-order valence-electron chi connectivity index (χ1n) is 6.22. The second kappa shape index (κ2) is 6.04. The molecule has 1 atom stereocenters. The van der Waals surface area contributed by atoms with Crippen LogP contribution in [0.2, 0.25) is 0 Å². The van der Waals surface area contributed by atoms with Crippen LogP contribution in [0.4, 0.5) is 0 Å². The quantitative estimate of drug-likeness (QED) is 0.757. The second-order valence-corrected chi connectivity index (χ2v) is 4.35. The molecule has 1 saturated heterocycles. The van der Waals surface area contributed by atoms with Crippen LogP contribution in [-0.2, 0) is 25.4 Å². The lowest BCUT2D eigenvalue weighted by atomic mass is 9.95. The highest BCUT2D eigenvalue weighted by Gasteiger charge is 2.45. The summed E-state index contributed by atoms with van der Waals surface area (Å²) in [6, 6.07) is 7.51. The molecular weight excluding hydrogens is 248 g/mol. The fraction of sp³-hybridized carbons (Fsp3) is 0.500. The van der Waals surface area contributed by atoms with Gasteiger partial charge < -0.3 is 18.9 Å². The zero-order valence-electron chi connectivity index (χ0n) is 11.2. The highest BCUT2D eigenvalue weighted by molar-refractivity contribution is 5.80. The Morgan fingerprint density at radius 3 is 2.63 bits per heavy atom. The Balaban J connectivity index is 2.13. The van der Waals surface area contributed by atoms with Gasteiger partial charge in [-0.15, -0.1) is 0 Å². The van der Waals surface area contributed by atoms with Gasteiger partial charge in [0.05, 0.1) is 20.3 Å². The van der Waals surface area contributed by atoms with Crippen LogP contribution >= 0.6 is 0 Å². The Labute approximate surface area is 112 Å². The summed E-state index contributed by atoms with van der Waals surface area (Å²) in [4.78, 5) is 12.0. The predicted molar refractivity (Wildman–Crippen MR) is 68.0 cm³/mol. The van der Waals surface area contributed by atoms with Crippen molar-refractivity contribution in [1.82, 2.24) is 0 Å². The Morgan fingerprint density at radius 1 is 1.37 bits per heavy atom.